The quantitative estimate of drug-likeness (QED) is 0.532. The summed E-state index contributed by atoms with van der Waals surface area (Å²) in [5, 5.41) is 3.31. The number of methoxy groups -OCH3 is 1. The maximum absolute atomic E-state index is 10.9. The molecule has 0 unspecified atom stereocenters. The molecule has 0 aliphatic carbocycles. The standard InChI is InChI=1S/C17H27NO3/c1-14(2)10-12-21-16-8-6-15(7-9-16)13-18-11-4-5-17(19)20-3/h6-9,14,18H,4-5,10-13H2,1-3H3. The average Bonchev–Trinajstić information content (AvgIpc) is 2.47. The first-order valence-electron chi connectivity index (χ1n) is 7.61. The van der Waals surface area contributed by atoms with E-state index in [9.17, 15) is 4.79 Å². The summed E-state index contributed by atoms with van der Waals surface area (Å²) in [4.78, 5) is 10.9. The molecule has 0 spiro atoms. The molecule has 0 saturated heterocycles. The lowest BCUT2D eigenvalue weighted by Crippen LogP contribution is -2.16. The fourth-order valence-electron chi connectivity index (χ4n) is 1.81. The molecule has 0 aliphatic heterocycles. The number of esters is 1. The molecular weight excluding hydrogens is 266 g/mol. The van der Waals surface area contributed by atoms with Crippen molar-refractivity contribution >= 4 is 5.97 Å². The second-order valence-electron chi connectivity index (χ2n) is 5.53. The summed E-state index contributed by atoms with van der Waals surface area (Å²) in [6.07, 6.45) is 2.33. The first-order valence-corrected chi connectivity index (χ1v) is 7.61. The third kappa shape index (κ3) is 8.35. The molecule has 1 aromatic rings. The van der Waals surface area contributed by atoms with Crippen LogP contribution in [0.1, 0.15) is 38.7 Å². The SMILES string of the molecule is COC(=O)CCCNCc1ccc(OCCC(C)C)cc1. The number of carbonyl (C=O) groups excluding carboxylic acids is 1. The zero-order chi connectivity index (χ0) is 15.5. The largest absolute Gasteiger partial charge is 0.494 e. The van der Waals surface area contributed by atoms with Crippen molar-refractivity contribution in [2.24, 2.45) is 5.92 Å². The lowest BCUT2D eigenvalue weighted by Gasteiger charge is -2.09. The van der Waals surface area contributed by atoms with Gasteiger partial charge < -0.3 is 14.8 Å². The molecule has 0 aliphatic rings. The maximum Gasteiger partial charge on any atom is 0.305 e. The third-order valence-corrected chi connectivity index (χ3v) is 3.18. The molecular formula is C17H27NO3. The van der Waals surface area contributed by atoms with Crippen LogP contribution in [0.4, 0.5) is 0 Å². The average molecular weight is 293 g/mol. The Kier molecular flexibility index (Phi) is 8.51. The molecule has 0 fully saturated rings. The molecule has 1 rings (SSSR count). The summed E-state index contributed by atoms with van der Waals surface area (Å²) < 4.78 is 10.3. The minimum Gasteiger partial charge on any atom is -0.494 e. The predicted molar refractivity (Wildman–Crippen MR) is 84.3 cm³/mol. The van der Waals surface area contributed by atoms with E-state index >= 15 is 0 Å². The van der Waals surface area contributed by atoms with Crippen LogP contribution in [0.3, 0.4) is 0 Å². The Morgan fingerprint density at radius 1 is 1.24 bits per heavy atom. The second-order valence-corrected chi connectivity index (χ2v) is 5.53. The summed E-state index contributed by atoms with van der Waals surface area (Å²) >= 11 is 0. The van der Waals surface area contributed by atoms with Crippen LogP contribution in [0.2, 0.25) is 0 Å². The van der Waals surface area contributed by atoms with Crippen LogP contribution in [0.25, 0.3) is 0 Å². The van der Waals surface area contributed by atoms with Crippen LogP contribution in [-0.2, 0) is 16.1 Å². The van der Waals surface area contributed by atoms with Crippen molar-refractivity contribution < 1.29 is 14.3 Å². The van der Waals surface area contributed by atoms with Gasteiger partial charge in [-0.05, 0) is 43.0 Å². The number of carbonyl (C=O) groups is 1. The molecule has 1 aromatic carbocycles. The van der Waals surface area contributed by atoms with Crippen molar-refractivity contribution in [3.05, 3.63) is 29.8 Å². The van der Waals surface area contributed by atoms with Gasteiger partial charge in [-0.25, -0.2) is 0 Å². The number of hydrogen-bond donors (Lipinski definition) is 1. The van der Waals surface area contributed by atoms with Gasteiger partial charge in [0.2, 0.25) is 0 Å². The second kappa shape index (κ2) is 10.2. The number of rotatable bonds is 10. The van der Waals surface area contributed by atoms with Crippen molar-refractivity contribution in [3.63, 3.8) is 0 Å². The van der Waals surface area contributed by atoms with E-state index in [1.165, 1.54) is 12.7 Å². The Bertz CT molecular complexity index is 401. The van der Waals surface area contributed by atoms with Crippen LogP contribution in [0.5, 0.6) is 5.75 Å². The molecule has 1 N–H and O–H groups in total. The van der Waals surface area contributed by atoms with E-state index in [0.717, 1.165) is 38.3 Å². The first kappa shape index (κ1) is 17.5. The van der Waals surface area contributed by atoms with Gasteiger partial charge in [-0.1, -0.05) is 26.0 Å². The highest BCUT2D eigenvalue weighted by atomic mass is 16.5. The van der Waals surface area contributed by atoms with Gasteiger partial charge in [0.1, 0.15) is 5.75 Å². The maximum atomic E-state index is 10.9. The predicted octanol–water partition coefficient (Wildman–Crippen LogP) is 3.15. The number of nitrogens with one attached hydrogen (secondary N) is 1. The molecule has 0 bridgehead atoms. The Labute approximate surface area is 127 Å². The van der Waals surface area contributed by atoms with Crippen molar-refractivity contribution in [2.75, 3.05) is 20.3 Å². The summed E-state index contributed by atoms with van der Waals surface area (Å²) in [7, 11) is 1.42. The number of hydrogen-bond acceptors (Lipinski definition) is 4. The zero-order valence-corrected chi connectivity index (χ0v) is 13.4. The Morgan fingerprint density at radius 3 is 2.57 bits per heavy atom. The minimum absolute atomic E-state index is 0.153. The normalized spacial score (nSPS) is 10.7. The number of benzene rings is 1. The summed E-state index contributed by atoms with van der Waals surface area (Å²) in [5.41, 5.74) is 1.21. The molecule has 21 heavy (non-hydrogen) atoms. The summed E-state index contributed by atoms with van der Waals surface area (Å²) in [6, 6.07) is 8.15. The molecule has 0 radical (unpaired) electrons. The van der Waals surface area contributed by atoms with Gasteiger partial charge in [-0.3, -0.25) is 4.79 Å². The van der Waals surface area contributed by atoms with Crippen molar-refractivity contribution in [1.29, 1.82) is 0 Å². The first-order chi connectivity index (χ1) is 10.1. The van der Waals surface area contributed by atoms with Gasteiger partial charge >= 0.3 is 5.97 Å². The Balaban J connectivity index is 2.17. The Hall–Kier alpha value is -1.55. The van der Waals surface area contributed by atoms with Crippen LogP contribution in [0, 0.1) is 5.92 Å². The van der Waals surface area contributed by atoms with E-state index in [1.54, 1.807) is 0 Å². The van der Waals surface area contributed by atoms with E-state index in [4.69, 9.17) is 4.74 Å². The fourth-order valence-corrected chi connectivity index (χ4v) is 1.81. The topological polar surface area (TPSA) is 47.6 Å². The Morgan fingerprint density at radius 2 is 1.95 bits per heavy atom. The summed E-state index contributed by atoms with van der Waals surface area (Å²) in [5.74, 6) is 1.43. The third-order valence-electron chi connectivity index (χ3n) is 3.18. The number of ether oxygens (including phenoxy) is 2. The van der Waals surface area contributed by atoms with Crippen LogP contribution < -0.4 is 10.1 Å². The van der Waals surface area contributed by atoms with Gasteiger partial charge in [-0.15, -0.1) is 0 Å². The summed E-state index contributed by atoms with van der Waals surface area (Å²) in [6.45, 7) is 6.76. The van der Waals surface area contributed by atoms with Crippen molar-refractivity contribution in [2.45, 2.75) is 39.7 Å². The van der Waals surface area contributed by atoms with Crippen LogP contribution in [0.15, 0.2) is 24.3 Å². The lowest BCUT2D eigenvalue weighted by molar-refractivity contribution is -0.140. The van der Waals surface area contributed by atoms with Crippen LogP contribution in [-0.4, -0.2) is 26.2 Å². The van der Waals surface area contributed by atoms with E-state index in [2.05, 4.69) is 36.0 Å². The molecule has 0 aromatic heterocycles. The molecule has 0 saturated carbocycles. The van der Waals surface area contributed by atoms with Crippen LogP contribution >= 0.6 is 0 Å². The van der Waals surface area contributed by atoms with Gasteiger partial charge in [0.25, 0.3) is 0 Å². The molecule has 4 heteroatoms. The minimum atomic E-state index is -0.153. The molecule has 118 valence electrons. The van der Waals surface area contributed by atoms with E-state index < -0.39 is 0 Å². The monoisotopic (exact) mass is 293 g/mol. The van der Waals surface area contributed by atoms with Gasteiger partial charge in [-0.2, -0.15) is 0 Å². The van der Waals surface area contributed by atoms with Crippen molar-refractivity contribution in [3.8, 4) is 5.75 Å². The van der Waals surface area contributed by atoms with E-state index in [-0.39, 0.29) is 5.97 Å². The molecule has 0 amide bonds. The van der Waals surface area contributed by atoms with Gasteiger partial charge in [0.05, 0.1) is 13.7 Å². The lowest BCUT2D eigenvalue weighted by atomic mass is 10.1. The highest BCUT2D eigenvalue weighted by Gasteiger charge is 2.00. The van der Waals surface area contributed by atoms with E-state index in [1.807, 2.05) is 12.1 Å². The highest BCUT2D eigenvalue weighted by Crippen LogP contribution is 2.13. The van der Waals surface area contributed by atoms with E-state index in [0.29, 0.717) is 12.3 Å². The fraction of sp³-hybridized carbons (Fsp3) is 0.588. The smallest absolute Gasteiger partial charge is 0.305 e. The molecule has 0 atom stereocenters. The van der Waals surface area contributed by atoms with Gasteiger partial charge in [0.15, 0.2) is 0 Å². The highest BCUT2D eigenvalue weighted by molar-refractivity contribution is 5.69. The van der Waals surface area contributed by atoms with Gasteiger partial charge in [0, 0.05) is 13.0 Å². The van der Waals surface area contributed by atoms with Crippen molar-refractivity contribution in [1.82, 2.24) is 5.32 Å². The molecule has 0 heterocycles. The molecule has 4 nitrogen and oxygen atoms in total. The zero-order valence-electron chi connectivity index (χ0n) is 13.4.